The number of amides is 20. The first-order valence-electron chi connectivity index (χ1n) is 45.5. The molecule has 0 aromatic carbocycles. The standard InChI is InChI=1S/C83H141N23O32S/c1-39(2)28-49(72(126)92-45(18-21-60(87)113)69(123)95-48(15-9-11-25-85)81(135)105-26-12-16-58(105)78(132)94-47(20-23-63(116)117)70(124)100-54(35-109)74(128)96-50(29-40(3)4)73(127)98-52(83(137)138)31-64(118)119)90-62(115)32-89-67(121)53(34-108)102-80(134)65(42(7)112)104-71(125)46(19-22-61(88)114)93-79(133)59-17-13-27-106(59)82(136)51(30-41(5)6)97-75(129)55(36-110)101-77(131)57(38-139)103-76(130)56(37-111)99-68(122)44(14-8-10-24-84)91-66(120)43(86)33-107/h39-59,65,107-112,139H,8-38,84-86H2,1-7H3,(H2,87,113)(H2,88,114)(H,89,121)(H,90,115)(H,91,120)(H,92,126)(H,93,133)(H,94,132)(H,95,123)(H,96,128)(H,97,129)(H,98,127)(H,99,122)(H,100,124)(H,101,131)(H,102,134)(H,103,130)(H,104,125)(H,116,117)(H,118,119)(H,137,138)/t42-,43+,44+,45+,46+,47+,48+,49+,50+,51+,52+,53+,54+,55+,56+,57+,58+,59+,65+/m1/s1. The third-order valence-corrected chi connectivity index (χ3v) is 22.2. The summed E-state index contributed by atoms with van der Waals surface area (Å²) >= 11 is 4.12. The predicted molar refractivity (Wildman–Crippen MR) is 488 cm³/mol. The molecule has 2 heterocycles. The van der Waals surface area contributed by atoms with Gasteiger partial charge in [-0.05, 0) is 141 Å². The van der Waals surface area contributed by atoms with Gasteiger partial charge in [-0.15, -0.1) is 0 Å². The highest BCUT2D eigenvalue weighted by Crippen LogP contribution is 2.24. The van der Waals surface area contributed by atoms with E-state index in [0.717, 1.165) is 16.7 Å². The highest BCUT2D eigenvalue weighted by atomic mass is 32.1. The Balaban J connectivity index is 2.34. The molecule has 0 aromatic rings. The van der Waals surface area contributed by atoms with Crippen molar-refractivity contribution in [1.29, 1.82) is 0 Å². The van der Waals surface area contributed by atoms with Crippen LogP contribution in [0.25, 0.3) is 0 Å². The van der Waals surface area contributed by atoms with Gasteiger partial charge in [0.25, 0.3) is 0 Å². The van der Waals surface area contributed by atoms with Crippen molar-refractivity contribution in [2.24, 2.45) is 46.4 Å². The van der Waals surface area contributed by atoms with E-state index in [0.29, 0.717) is 12.8 Å². The Kier molecular flexibility index (Phi) is 56.0. The van der Waals surface area contributed by atoms with Gasteiger partial charge < -0.3 is 169 Å². The summed E-state index contributed by atoms with van der Waals surface area (Å²) < 4.78 is 0. The second-order valence-corrected chi connectivity index (χ2v) is 35.1. The van der Waals surface area contributed by atoms with Crippen molar-refractivity contribution in [3.63, 3.8) is 0 Å². The SMILES string of the molecule is CC(C)C[C@H](NC(=O)CNC(=O)[C@H](CO)NC(=O)[C@@H](NC(=O)[C@H](CCC(N)=O)NC(=O)[C@@H]1CCCN1C(=O)[C@H](CC(C)C)NC(=O)[C@H](CO)NC(=O)[C@H](CS)NC(=O)[C@H](CO)NC(=O)[C@H](CCCCN)NC(=O)[C@@H](N)CO)[C@@H](C)O)C(=O)N[C@@H](CCC(N)=O)C(=O)N[C@@H](CCCCN)C(=O)N1CCC[C@H]1C(=O)N[C@@H](CCC(=O)O)C(=O)N[C@@H](CO)C(=O)N[C@@H](CC(C)C)C(=O)N[C@@H](CC(=O)O)C(=O)O. The van der Waals surface area contributed by atoms with Crippen molar-refractivity contribution >= 4 is 149 Å². The van der Waals surface area contributed by atoms with E-state index < -0.39 is 347 Å². The number of primary amides is 2. The van der Waals surface area contributed by atoms with Crippen LogP contribution < -0.4 is 114 Å². The van der Waals surface area contributed by atoms with Crippen LogP contribution in [0.1, 0.15) is 177 Å². The molecule has 2 rings (SSSR count). The quantitative estimate of drug-likeness (QED) is 0.0199. The average Bonchev–Trinajstić information content (AvgIpc) is 1.73. The van der Waals surface area contributed by atoms with E-state index >= 15 is 0 Å². The van der Waals surface area contributed by atoms with Crippen LogP contribution in [0.15, 0.2) is 0 Å². The molecule has 2 aliphatic heterocycles. The number of unbranched alkanes of at least 4 members (excludes halogenated alkanes) is 2. The van der Waals surface area contributed by atoms with Crippen molar-refractivity contribution in [1.82, 2.24) is 94.9 Å². The van der Waals surface area contributed by atoms with Gasteiger partial charge >= 0.3 is 17.9 Å². The van der Waals surface area contributed by atoms with E-state index in [1.54, 1.807) is 41.5 Å². The first-order chi connectivity index (χ1) is 65.4. The maximum atomic E-state index is 14.7. The lowest BCUT2D eigenvalue weighted by Gasteiger charge is -2.31. The minimum Gasteiger partial charge on any atom is -0.481 e. The van der Waals surface area contributed by atoms with Crippen LogP contribution in [-0.4, -0.2) is 378 Å². The fraction of sp³-hybridized carbons (Fsp3) is 0.723. The molecule has 0 unspecified atom stereocenters. The molecule has 0 spiro atoms. The van der Waals surface area contributed by atoms with Gasteiger partial charge in [-0.3, -0.25) is 105 Å². The van der Waals surface area contributed by atoms with Crippen molar-refractivity contribution in [2.45, 2.75) is 292 Å². The molecule has 0 aliphatic carbocycles. The van der Waals surface area contributed by atoms with Crippen molar-refractivity contribution in [3.8, 4) is 0 Å². The van der Waals surface area contributed by atoms with Gasteiger partial charge in [0.1, 0.15) is 109 Å². The second-order valence-electron chi connectivity index (χ2n) is 34.8. The molecule has 2 saturated heterocycles. The number of carboxylic acids is 3. The van der Waals surface area contributed by atoms with Crippen molar-refractivity contribution in [2.75, 3.05) is 71.5 Å². The largest absolute Gasteiger partial charge is 0.481 e. The molecule has 56 heteroatoms. The van der Waals surface area contributed by atoms with E-state index in [1.807, 2.05) is 5.32 Å². The van der Waals surface area contributed by atoms with Gasteiger partial charge in [0.2, 0.25) is 118 Å². The Bertz CT molecular complexity index is 4210. The maximum absolute atomic E-state index is 14.7. The second kappa shape index (κ2) is 63.4. The molecule has 55 nitrogen and oxygen atoms in total. The van der Waals surface area contributed by atoms with Gasteiger partial charge in [0.05, 0.1) is 52.1 Å². The molecule has 20 amide bonds. The van der Waals surface area contributed by atoms with E-state index in [1.165, 1.54) is 0 Å². The number of nitrogens with one attached hydrogen (secondary N) is 16. The summed E-state index contributed by atoms with van der Waals surface area (Å²) in [5, 5.41) is 127. The van der Waals surface area contributed by atoms with E-state index in [9.17, 15) is 156 Å². The van der Waals surface area contributed by atoms with Gasteiger partial charge in [0.15, 0.2) is 0 Å². The number of nitrogens with two attached hydrogens (primary N) is 5. The number of hydrogen-bond acceptors (Lipinski definition) is 33. The normalized spacial score (nSPS) is 17.1. The van der Waals surface area contributed by atoms with Crippen LogP contribution in [0.2, 0.25) is 0 Å². The zero-order valence-corrected chi connectivity index (χ0v) is 79.7. The lowest BCUT2D eigenvalue weighted by Crippen LogP contribution is -2.62. The first kappa shape index (κ1) is 123. The Morgan fingerprint density at radius 2 is 0.676 bits per heavy atom. The number of carbonyl (C=O) groups is 23. The Morgan fingerprint density at radius 3 is 1.07 bits per heavy atom. The maximum Gasteiger partial charge on any atom is 0.326 e. The highest BCUT2D eigenvalue weighted by Gasteiger charge is 2.45. The van der Waals surface area contributed by atoms with Gasteiger partial charge in [0, 0.05) is 38.1 Å². The molecule has 786 valence electrons. The molecule has 139 heavy (non-hydrogen) atoms. The van der Waals surface area contributed by atoms with Crippen LogP contribution >= 0.6 is 12.6 Å². The monoisotopic (exact) mass is 2000 g/mol. The molecule has 2 aliphatic rings. The summed E-state index contributed by atoms with van der Waals surface area (Å²) in [6.45, 7) is 4.59. The Morgan fingerprint density at radius 1 is 0.353 bits per heavy atom. The van der Waals surface area contributed by atoms with Crippen LogP contribution in [0.4, 0.5) is 0 Å². The lowest BCUT2D eigenvalue weighted by molar-refractivity contribution is -0.147. The summed E-state index contributed by atoms with van der Waals surface area (Å²) in [6, 6.07) is -30.1. The number of likely N-dealkylation sites (tertiary alicyclic amines) is 2. The number of aliphatic hydroxyl groups excluding tert-OH is 6. The molecule has 35 N–H and O–H groups in total. The lowest BCUT2D eigenvalue weighted by atomic mass is 10.0. The molecule has 0 saturated carbocycles. The molecular formula is C83H141N23O32S. The molecule has 2 fully saturated rings. The summed E-state index contributed by atoms with van der Waals surface area (Å²) in [4.78, 5) is 311. The van der Waals surface area contributed by atoms with Crippen LogP contribution in [-0.2, 0) is 110 Å². The van der Waals surface area contributed by atoms with E-state index in [4.69, 9.17) is 28.7 Å². The van der Waals surface area contributed by atoms with E-state index in [-0.39, 0.29) is 109 Å². The minimum absolute atomic E-state index is 0.00528. The number of nitrogens with zero attached hydrogens (tertiary/aromatic N) is 2. The van der Waals surface area contributed by atoms with E-state index in [2.05, 4.69) is 92.4 Å². The molecule has 0 radical (unpaired) electrons. The van der Waals surface area contributed by atoms with Crippen LogP contribution in [0, 0.1) is 17.8 Å². The zero-order chi connectivity index (χ0) is 105. The fourth-order valence-corrected chi connectivity index (χ4v) is 14.7. The molecular weight excluding hydrogens is 1860 g/mol. The smallest absolute Gasteiger partial charge is 0.326 e. The number of thiol groups is 1. The number of hydrogen-bond donors (Lipinski definition) is 31. The summed E-state index contributed by atoms with van der Waals surface area (Å²) in [5.74, 6) is -28.2. The summed E-state index contributed by atoms with van der Waals surface area (Å²) in [7, 11) is 0. The van der Waals surface area contributed by atoms with Gasteiger partial charge in [-0.1, -0.05) is 41.5 Å². The van der Waals surface area contributed by atoms with Crippen molar-refractivity contribution in [3.05, 3.63) is 0 Å². The summed E-state index contributed by atoms with van der Waals surface area (Å²) in [5.41, 5.74) is 27.9. The van der Waals surface area contributed by atoms with Crippen molar-refractivity contribution < 1.29 is 156 Å². The predicted octanol–water partition coefficient (Wildman–Crippen LogP) is -13.7. The molecule has 0 aromatic heterocycles. The number of rotatable bonds is 67. The number of carboxylic acid groups (broad SMARTS) is 3. The molecule has 19 atom stereocenters. The third kappa shape index (κ3) is 43.8. The van der Waals surface area contributed by atoms with Crippen LogP contribution in [0.5, 0.6) is 0 Å². The third-order valence-electron chi connectivity index (χ3n) is 21.8. The number of aliphatic hydroxyl groups is 6. The Hall–Kier alpha value is -12.2. The van der Waals surface area contributed by atoms with Gasteiger partial charge in [-0.2, -0.15) is 12.6 Å². The zero-order valence-electron chi connectivity index (χ0n) is 78.8. The fourth-order valence-electron chi connectivity index (χ4n) is 14.4. The minimum atomic E-state index is -2.05. The summed E-state index contributed by atoms with van der Waals surface area (Å²) in [6.07, 6.45) is -5.91. The first-order valence-corrected chi connectivity index (χ1v) is 46.2. The number of aliphatic carboxylic acids is 3. The number of carbonyl (C=O) groups excluding carboxylic acids is 20. The van der Waals surface area contributed by atoms with Gasteiger partial charge in [-0.25, -0.2) is 4.79 Å². The van der Waals surface area contributed by atoms with Crippen LogP contribution in [0.3, 0.4) is 0 Å². The average molecular weight is 2010 g/mol. The molecule has 0 bridgehead atoms. The Labute approximate surface area is 806 Å². The highest BCUT2D eigenvalue weighted by molar-refractivity contribution is 7.80. The topological polar surface area (TPSA) is 904 Å².